The average Bonchev–Trinajstić information content (AvgIpc) is 3.74. The zero-order valence-electron chi connectivity index (χ0n) is 23.6. The number of aromatic nitrogens is 3. The summed E-state index contributed by atoms with van der Waals surface area (Å²) < 4.78 is 72.8. The highest BCUT2D eigenvalue weighted by Crippen LogP contribution is 2.34. The average molecular weight is 642 g/mol. The van der Waals surface area contributed by atoms with Gasteiger partial charge in [0.15, 0.2) is 52.4 Å². The summed E-state index contributed by atoms with van der Waals surface area (Å²) in [6.45, 7) is 23.7. The molecule has 2 aliphatic rings. The minimum absolute atomic E-state index is 0.00308. The summed E-state index contributed by atoms with van der Waals surface area (Å²) >= 11 is 0. The van der Waals surface area contributed by atoms with Crippen LogP contribution in [0.5, 0.6) is 0 Å². The fraction of sp³-hybridized carbons (Fsp3) is 0.0323. The van der Waals surface area contributed by atoms with E-state index in [4.69, 9.17) is 19.7 Å². The van der Waals surface area contributed by atoms with Crippen LogP contribution in [0.2, 0.25) is 0 Å². The third-order valence-corrected chi connectivity index (χ3v) is 6.87. The maximum atomic E-state index is 15.1. The zero-order valence-corrected chi connectivity index (χ0v) is 23.6. The maximum Gasteiger partial charge on any atom is 0.305 e. The van der Waals surface area contributed by atoms with Crippen molar-refractivity contribution in [2.45, 2.75) is 6.92 Å². The molecule has 0 saturated carbocycles. The van der Waals surface area contributed by atoms with Crippen LogP contribution in [0.4, 0.5) is 27.6 Å². The topological polar surface area (TPSA) is 149 Å². The maximum absolute atomic E-state index is 15.1. The van der Waals surface area contributed by atoms with Crippen molar-refractivity contribution in [1.29, 1.82) is 10.5 Å². The molecule has 12 nitrogen and oxygen atoms in total. The first-order valence-corrected chi connectivity index (χ1v) is 12.9. The van der Waals surface area contributed by atoms with Gasteiger partial charge in [-0.15, -0.1) is 0 Å². The monoisotopic (exact) mass is 642 g/mol. The van der Waals surface area contributed by atoms with Crippen LogP contribution in [0.1, 0.15) is 12.5 Å². The molecule has 226 valence electrons. The van der Waals surface area contributed by atoms with Crippen molar-refractivity contribution in [1.82, 2.24) is 15.0 Å². The van der Waals surface area contributed by atoms with Gasteiger partial charge in [0.25, 0.3) is 0 Å². The smallest absolute Gasteiger partial charge is 0.251 e. The second kappa shape index (κ2) is 11.4. The van der Waals surface area contributed by atoms with Crippen LogP contribution in [-0.4, -0.2) is 15.0 Å². The zero-order chi connectivity index (χ0) is 34.4. The van der Waals surface area contributed by atoms with Gasteiger partial charge in [-0.05, 0) is 25.1 Å². The molecule has 0 unspecified atom stereocenters. The molecular formula is C31H7F5N12. The van der Waals surface area contributed by atoms with Crippen molar-refractivity contribution >= 4 is 5.69 Å². The number of hydrogen-bond acceptors (Lipinski definition) is 9. The van der Waals surface area contributed by atoms with E-state index in [2.05, 4.69) is 49.5 Å². The number of fused-ring (bicyclic) bond motifs is 2. The number of nitriles is 2. The summed E-state index contributed by atoms with van der Waals surface area (Å²) in [5, 5.41) is 19.5. The molecule has 3 aromatic carbocycles. The van der Waals surface area contributed by atoms with Gasteiger partial charge in [0, 0.05) is 11.1 Å². The van der Waals surface area contributed by atoms with E-state index in [-0.39, 0.29) is 61.1 Å². The number of allylic oxidation sites excluding steroid dienone is 2. The molecule has 0 aliphatic carbocycles. The van der Waals surface area contributed by atoms with E-state index >= 15 is 8.78 Å². The minimum atomic E-state index is -2.42. The summed E-state index contributed by atoms with van der Waals surface area (Å²) in [4.78, 5) is 38.7. The van der Waals surface area contributed by atoms with Gasteiger partial charge < -0.3 is 0 Å². The predicted molar refractivity (Wildman–Crippen MR) is 150 cm³/mol. The second-order valence-electron chi connectivity index (χ2n) is 9.52. The Morgan fingerprint density at radius 3 is 1.79 bits per heavy atom. The van der Waals surface area contributed by atoms with Gasteiger partial charge in [-0.1, -0.05) is 6.07 Å². The van der Waals surface area contributed by atoms with Crippen LogP contribution >= 0.6 is 0 Å². The first-order valence-electron chi connectivity index (χ1n) is 12.9. The molecule has 2 aliphatic heterocycles. The van der Waals surface area contributed by atoms with E-state index in [9.17, 15) is 23.7 Å². The van der Waals surface area contributed by atoms with E-state index in [0.717, 1.165) is 0 Å². The Hall–Kier alpha value is -7.55. The molecule has 3 heterocycles. The van der Waals surface area contributed by atoms with Crippen molar-refractivity contribution in [3.8, 4) is 46.3 Å². The first-order chi connectivity index (χ1) is 23.1. The van der Waals surface area contributed by atoms with Crippen LogP contribution in [0.3, 0.4) is 0 Å². The molecule has 17 heteroatoms. The number of benzene rings is 3. The van der Waals surface area contributed by atoms with Gasteiger partial charge in [0.1, 0.15) is 11.4 Å². The summed E-state index contributed by atoms with van der Waals surface area (Å²) in [7, 11) is 0. The normalized spacial score (nSPS) is 14.3. The summed E-state index contributed by atoms with van der Waals surface area (Å²) in [5.74, 6) is -13.8. The fourth-order valence-electron chi connectivity index (χ4n) is 4.61. The lowest BCUT2D eigenvalue weighted by atomic mass is 10.1. The highest BCUT2D eigenvalue weighted by atomic mass is 19.2. The van der Waals surface area contributed by atoms with Gasteiger partial charge in [-0.25, -0.2) is 71.7 Å². The molecule has 6 rings (SSSR count). The highest BCUT2D eigenvalue weighted by Gasteiger charge is 2.30. The lowest BCUT2D eigenvalue weighted by Crippen LogP contribution is -2.26. The van der Waals surface area contributed by atoms with E-state index in [0.29, 0.717) is 0 Å². The number of nitrogens with zero attached hydrogens (tertiary/aromatic N) is 12. The van der Waals surface area contributed by atoms with Crippen LogP contribution in [0, 0.1) is 71.5 Å². The Kier molecular flexibility index (Phi) is 7.25. The van der Waals surface area contributed by atoms with Crippen molar-refractivity contribution < 1.29 is 22.0 Å². The standard InChI is InChI=1S/C31H7F5N12/c1-11(39-2)27-42-16-8-6-13(25(41-4)26(16)45-27)29-46-28(47-31(48-29)18-19(32)21(34)23(36)22(35)20(18)33)12-5-7-15-24(14(12)9-37)44-30(43-15)17(10-38)40-3/h5-8H,1H3/b27-11-,30-17+. The molecule has 0 amide bonds. The van der Waals surface area contributed by atoms with Gasteiger partial charge in [-0.3, -0.25) is 4.99 Å². The molecule has 0 bridgehead atoms. The number of halogens is 5. The lowest BCUT2D eigenvalue weighted by molar-refractivity contribution is 0.381. The third-order valence-electron chi connectivity index (χ3n) is 6.87. The summed E-state index contributed by atoms with van der Waals surface area (Å²) in [6.07, 6.45) is 0. The SMILES string of the molecule is [C-]#[N+]/C(C)=C1/N=c2ccc(-c3nc(-c4ccc5c(c4C#N)=N/C(=C(\C#N)[N+]#[C-])N=5)nc(-c4c(F)c(F)c(F)c(F)c4F)n3)c([N+]#[C-])c2=N1. The molecule has 0 saturated heterocycles. The van der Waals surface area contributed by atoms with Gasteiger partial charge >= 0.3 is 5.70 Å². The number of hydrogen-bond donors (Lipinski definition) is 0. The number of rotatable bonds is 3. The van der Waals surface area contributed by atoms with Crippen LogP contribution in [-0.2, 0) is 0 Å². The quantitative estimate of drug-likeness (QED) is 0.108. The van der Waals surface area contributed by atoms with Crippen LogP contribution < -0.4 is 21.4 Å². The van der Waals surface area contributed by atoms with E-state index in [1.165, 1.54) is 31.2 Å². The van der Waals surface area contributed by atoms with Crippen molar-refractivity contribution in [3.05, 3.63) is 138 Å². The Bertz CT molecular complexity index is 2710. The molecule has 1 aromatic heterocycles. The van der Waals surface area contributed by atoms with E-state index < -0.39 is 57.8 Å². The highest BCUT2D eigenvalue weighted by molar-refractivity contribution is 5.77. The Balaban J connectivity index is 1.71. The minimum Gasteiger partial charge on any atom is -0.251 e. The predicted octanol–water partition coefficient (Wildman–Crippen LogP) is 4.22. The Labute approximate surface area is 264 Å². The molecule has 4 aromatic rings. The van der Waals surface area contributed by atoms with Crippen LogP contribution in [0.25, 0.3) is 48.7 Å². The summed E-state index contributed by atoms with van der Waals surface area (Å²) in [6, 6.07) is 8.77. The first kappa shape index (κ1) is 30.5. The molecule has 0 fully saturated rings. The molecule has 0 atom stereocenters. The van der Waals surface area contributed by atoms with Crippen molar-refractivity contribution in [3.63, 3.8) is 0 Å². The Morgan fingerprint density at radius 1 is 0.667 bits per heavy atom. The summed E-state index contributed by atoms with van der Waals surface area (Å²) in [5.41, 5.74) is -2.68. The van der Waals surface area contributed by atoms with Crippen molar-refractivity contribution in [2.75, 3.05) is 0 Å². The van der Waals surface area contributed by atoms with Crippen molar-refractivity contribution in [2.24, 2.45) is 20.0 Å². The largest absolute Gasteiger partial charge is 0.305 e. The van der Waals surface area contributed by atoms with E-state index in [1.54, 1.807) is 6.07 Å². The molecular weight excluding hydrogens is 635 g/mol. The third kappa shape index (κ3) is 4.59. The van der Waals surface area contributed by atoms with Gasteiger partial charge in [0.05, 0.1) is 53.0 Å². The molecule has 0 radical (unpaired) electrons. The van der Waals surface area contributed by atoms with Crippen LogP contribution in [0.15, 0.2) is 67.3 Å². The molecule has 0 N–H and O–H groups in total. The van der Waals surface area contributed by atoms with Gasteiger partial charge in [0.2, 0.25) is 17.2 Å². The second-order valence-corrected chi connectivity index (χ2v) is 9.52. The Morgan fingerprint density at radius 2 is 1.21 bits per heavy atom. The molecule has 0 spiro atoms. The molecule has 48 heavy (non-hydrogen) atoms. The lowest BCUT2D eigenvalue weighted by Gasteiger charge is -2.12. The van der Waals surface area contributed by atoms with Gasteiger partial charge in [-0.2, -0.15) is 5.26 Å². The fourth-order valence-corrected chi connectivity index (χ4v) is 4.61. The van der Waals surface area contributed by atoms with E-state index in [1.807, 2.05) is 6.07 Å².